The first kappa shape index (κ1) is 75.8. The number of hydrogen-bond donors (Lipinski definition) is 0. The highest BCUT2D eigenvalue weighted by Gasteiger charge is 2.19. The summed E-state index contributed by atoms with van der Waals surface area (Å²) in [6.07, 6.45) is 87.6. The van der Waals surface area contributed by atoms with Crippen LogP contribution in [-0.4, -0.2) is 37.2 Å². The van der Waals surface area contributed by atoms with Gasteiger partial charge in [-0.05, 0) is 96.3 Å². The second-order valence-electron chi connectivity index (χ2n) is 23.1. The Morgan fingerprint density at radius 2 is 0.456 bits per heavy atom. The van der Waals surface area contributed by atoms with Gasteiger partial charge in [0.1, 0.15) is 13.2 Å². The van der Waals surface area contributed by atoms with Crippen LogP contribution in [0.3, 0.4) is 0 Å². The molecule has 0 aromatic rings. The van der Waals surface area contributed by atoms with Gasteiger partial charge in [0.25, 0.3) is 0 Å². The van der Waals surface area contributed by atoms with Crippen molar-refractivity contribution < 1.29 is 28.6 Å². The molecule has 1 atom stereocenters. The van der Waals surface area contributed by atoms with Crippen molar-refractivity contribution in [3.63, 3.8) is 0 Å². The van der Waals surface area contributed by atoms with Crippen molar-refractivity contribution in [2.24, 2.45) is 0 Å². The van der Waals surface area contributed by atoms with Crippen molar-refractivity contribution in [1.82, 2.24) is 0 Å². The van der Waals surface area contributed by atoms with Gasteiger partial charge in [-0.3, -0.25) is 14.4 Å². The van der Waals surface area contributed by atoms with E-state index in [0.29, 0.717) is 19.3 Å². The number of rotatable bonds is 63. The van der Waals surface area contributed by atoms with E-state index in [4.69, 9.17) is 14.2 Å². The summed E-state index contributed by atoms with van der Waals surface area (Å²) in [5, 5.41) is 0. The van der Waals surface area contributed by atoms with Crippen LogP contribution >= 0.6 is 0 Å². The quantitative estimate of drug-likeness (QED) is 0.0261. The van der Waals surface area contributed by atoms with Gasteiger partial charge in [-0.1, -0.05) is 312 Å². The van der Waals surface area contributed by atoms with Crippen molar-refractivity contribution in [1.29, 1.82) is 0 Å². The maximum absolute atomic E-state index is 13.0. The number of esters is 3. The topological polar surface area (TPSA) is 78.9 Å². The second-order valence-corrected chi connectivity index (χ2v) is 23.1. The first-order valence-corrected chi connectivity index (χ1v) is 34.4. The van der Waals surface area contributed by atoms with Crippen LogP contribution in [0.1, 0.15) is 355 Å². The molecule has 0 saturated heterocycles. The van der Waals surface area contributed by atoms with Gasteiger partial charge in [0, 0.05) is 19.3 Å². The molecule has 0 amide bonds. The second kappa shape index (κ2) is 67.4. The van der Waals surface area contributed by atoms with Gasteiger partial charge in [0.15, 0.2) is 6.10 Å². The van der Waals surface area contributed by atoms with Crippen LogP contribution in [0.2, 0.25) is 0 Å². The molecule has 0 aromatic heterocycles. The molecule has 0 heterocycles. The summed E-state index contributed by atoms with van der Waals surface area (Å²) in [5.74, 6) is -0.873. The molecule has 0 N–H and O–H groups in total. The first-order chi connectivity index (χ1) is 39.0. The Morgan fingerprint density at radius 3 is 0.709 bits per heavy atom. The predicted molar refractivity (Wildman–Crippen MR) is 344 cm³/mol. The molecule has 0 aliphatic carbocycles. The average molecular weight is 1100 g/mol. The highest BCUT2D eigenvalue weighted by atomic mass is 16.6. The molecule has 0 bridgehead atoms. The lowest BCUT2D eigenvalue weighted by Gasteiger charge is -2.18. The van der Waals surface area contributed by atoms with Gasteiger partial charge in [0.05, 0.1) is 0 Å². The van der Waals surface area contributed by atoms with Crippen molar-refractivity contribution in [3.05, 3.63) is 72.9 Å². The van der Waals surface area contributed by atoms with E-state index in [1.807, 2.05) is 0 Å². The van der Waals surface area contributed by atoms with E-state index < -0.39 is 6.10 Å². The highest BCUT2D eigenvalue weighted by molar-refractivity contribution is 5.71. The molecule has 0 aliphatic heterocycles. The molecule has 0 radical (unpaired) electrons. The van der Waals surface area contributed by atoms with Crippen molar-refractivity contribution in [3.8, 4) is 0 Å². The number of hydrogen-bond acceptors (Lipinski definition) is 6. The number of unbranched alkanes of at least 4 members (excludes halogenated alkanes) is 40. The monoisotopic (exact) mass is 1100 g/mol. The van der Waals surface area contributed by atoms with E-state index in [1.54, 1.807) is 0 Å². The van der Waals surface area contributed by atoms with E-state index >= 15 is 0 Å². The summed E-state index contributed by atoms with van der Waals surface area (Å²) in [5.41, 5.74) is 0. The zero-order chi connectivity index (χ0) is 57.1. The Morgan fingerprint density at radius 1 is 0.253 bits per heavy atom. The fourth-order valence-corrected chi connectivity index (χ4v) is 9.99. The smallest absolute Gasteiger partial charge is 0.306 e. The minimum absolute atomic E-state index is 0.0777. The molecular formula is C73H130O6. The lowest BCUT2D eigenvalue weighted by Crippen LogP contribution is -2.30. The molecule has 0 aliphatic rings. The molecule has 6 heteroatoms. The normalized spacial score (nSPS) is 12.5. The van der Waals surface area contributed by atoms with Crippen LogP contribution in [0.15, 0.2) is 72.9 Å². The largest absolute Gasteiger partial charge is 0.462 e. The number of carbonyl (C=O) groups excluding carboxylic acids is 3. The minimum Gasteiger partial charge on any atom is -0.462 e. The summed E-state index contributed by atoms with van der Waals surface area (Å²) >= 11 is 0. The van der Waals surface area contributed by atoms with Crippen LogP contribution in [0.5, 0.6) is 0 Å². The Kier molecular flexibility index (Phi) is 64.7. The molecule has 1 unspecified atom stereocenters. The Balaban J connectivity index is 4.36. The molecule has 0 rings (SSSR count). The number of ether oxygens (including phenoxy) is 3. The third-order valence-electron chi connectivity index (χ3n) is 15.2. The molecule has 0 aromatic carbocycles. The van der Waals surface area contributed by atoms with Crippen molar-refractivity contribution in [2.45, 2.75) is 361 Å². The Hall–Kier alpha value is -3.15. The number of allylic oxidation sites excluding steroid dienone is 12. The Bertz CT molecular complexity index is 1450. The lowest BCUT2D eigenvalue weighted by atomic mass is 10.0. The SMILES string of the molecule is CCCCCCC/C=C\C/C=C\C/C=C\CCCCCCCCCCC(=O)OCC(COC(=O)CCCCCCCCCCCCCCCCC)OC(=O)CCCCCCCCCC/C=C\C/C=C\C/C=C\CCCCCCC. The van der Waals surface area contributed by atoms with E-state index in [9.17, 15) is 14.4 Å². The first-order valence-electron chi connectivity index (χ1n) is 34.4. The molecule has 6 nitrogen and oxygen atoms in total. The summed E-state index contributed by atoms with van der Waals surface area (Å²) in [4.78, 5) is 38.4. The maximum Gasteiger partial charge on any atom is 0.306 e. The highest BCUT2D eigenvalue weighted by Crippen LogP contribution is 2.17. The zero-order valence-corrected chi connectivity index (χ0v) is 52.6. The van der Waals surface area contributed by atoms with Crippen LogP contribution in [0.4, 0.5) is 0 Å². The molecule has 0 fully saturated rings. The molecule has 458 valence electrons. The van der Waals surface area contributed by atoms with Crippen molar-refractivity contribution >= 4 is 17.9 Å². The third kappa shape index (κ3) is 65.5. The molecule has 79 heavy (non-hydrogen) atoms. The van der Waals surface area contributed by atoms with Gasteiger partial charge in [-0.2, -0.15) is 0 Å². The van der Waals surface area contributed by atoms with Crippen LogP contribution in [0, 0.1) is 0 Å². The van der Waals surface area contributed by atoms with E-state index in [-0.39, 0.29) is 31.1 Å². The maximum atomic E-state index is 13.0. The van der Waals surface area contributed by atoms with E-state index in [2.05, 4.69) is 93.7 Å². The third-order valence-corrected chi connectivity index (χ3v) is 15.2. The van der Waals surface area contributed by atoms with Gasteiger partial charge >= 0.3 is 17.9 Å². The fraction of sp³-hybridized carbons (Fsp3) is 0.795. The van der Waals surface area contributed by atoms with Gasteiger partial charge in [-0.15, -0.1) is 0 Å². The van der Waals surface area contributed by atoms with Crippen LogP contribution in [-0.2, 0) is 28.6 Å². The van der Waals surface area contributed by atoms with Crippen LogP contribution < -0.4 is 0 Å². The van der Waals surface area contributed by atoms with Gasteiger partial charge in [-0.25, -0.2) is 0 Å². The molecular weight excluding hydrogens is 973 g/mol. The molecule has 0 saturated carbocycles. The van der Waals surface area contributed by atoms with Gasteiger partial charge in [0.2, 0.25) is 0 Å². The summed E-state index contributed by atoms with van der Waals surface area (Å²) in [7, 11) is 0. The van der Waals surface area contributed by atoms with E-state index in [1.165, 1.54) is 218 Å². The summed E-state index contributed by atoms with van der Waals surface area (Å²) in [6, 6.07) is 0. The zero-order valence-electron chi connectivity index (χ0n) is 52.6. The predicted octanol–water partition coefficient (Wildman–Crippen LogP) is 23.7. The lowest BCUT2D eigenvalue weighted by molar-refractivity contribution is -0.167. The minimum atomic E-state index is -0.783. The number of carbonyl (C=O) groups is 3. The summed E-state index contributed by atoms with van der Waals surface area (Å²) in [6.45, 7) is 6.66. The van der Waals surface area contributed by atoms with Crippen LogP contribution in [0.25, 0.3) is 0 Å². The van der Waals surface area contributed by atoms with E-state index in [0.717, 1.165) is 96.3 Å². The molecule has 0 spiro atoms. The van der Waals surface area contributed by atoms with Crippen molar-refractivity contribution in [2.75, 3.05) is 13.2 Å². The summed E-state index contributed by atoms with van der Waals surface area (Å²) < 4.78 is 17.0. The Labute approximate surface area is 491 Å². The average Bonchev–Trinajstić information content (AvgIpc) is 3.45. The standard InChI is InChI=1S/C73H130O6/c1-4-7-10-13-16-19-22-25-28-30-32-34-36-38-40-42-45-48-51-54-57-60-63-66-72(75)78-69-70(68-77-71(74)65-62-59-56-53-50-47-44-27-24-21-18-15-12-9-6-3)79-73(76)67-64-61-58-55-52-49-46-43-41-39-37-35-33-31-29-26-23-20-17-14-11-8-5-2/h22-23,25-26,30-33,36-39,70H,4-21,24,27-29,34-35,40-69H2,1-3H3/b25-22-,26-23-,32-30-,33-31-,38-36-,39-37-. The fourth-order valence-electron chi connectivity index (χ4n) is 9.99. The van der Waals surface area contributed by atoms with Gasteiger partial charge < -0.3 is 14.2 Å².